The van der Waals surface area contributed by atoms with Gasteiger partial charge in [-0.05, 0) is 37.8 Å². The molecule has 0 bridgehead atoms. The Morgan fingerprint density at radius 1 is 1.32 bits per heavy atom. The molecule has 0 radical (unpaired) electrons. The van der Waals surface area contributed by atoms with Crippen LogP contribution in [0.4, 0.5) is 10.5 Å². The van der Waals surface area contributed by atoms with Gasteiger partial charge in [-0.2, -0.15) is 0 Å². The zero-order chi connectivity index (χ0) is 16.1. The van der Waals surface area contributed by atoms with Crippen LogP contribution in [0.1, 0.15) is 26.3 Å². The second-order valence-corrected chi connectivity index (χ2v) is 6.22. The van der Waals surface area contributed by atoms with Gasteiger partial charge in [-0.3, -0.25) is 0 Å². The van der Waals surface area contributed by atoms with Crippen molar-refractivity contribution in [1.82, 2.24) is 10.6 Å². The number of para-hydroxylation sites is 1. The number of fused-ring (bicyclic) bond motifs is 1. The van der Waals surface area contributed by atoms with Gasteiger partial charge in [0, 0.05) is 37.5 Å². The summed E-state index contributed by atoms with van der Waals surface area (Å²) in [5, 5.41) is 14.9. The van der Waals surface area contributed by atoms with Gasteiger partial charge in [0.25, 0.3) is 0 Å². The van der Waals surface area contributed by atoms with Gasteiger partial charge in [-0.25, -0.2) is 4.79 Å². The quantitative estimate of drug-likeness (QED) is 0.750. The van der Waals surface area contributed by atoms with Crippen molar-refractivity contribution in [3.05, 3.63) is 29.8 Å². The van der Waals surface area contributed by atoms with Crippen molar-refractivity contribution < 1.29 is 9.90 Å². The van der Waals surface area contributed by atoms with E-state index in [9.17, 15) is 4.79 Å². The van der Waals surface area contributed by atoms with Crippen LogP contribution >= 0.6 is 0 Å². The van der Waals surface area contributed by atoms with Crippen molar-refractivity contribution in [1.29, 1.82) is 0 Å². The molecule has 1 heterocycles. The molecule has 1 aromatic carbocycles. The Labute approximate surface area is 132 Å². The largest absolute Gasteiger partial charge is 0.396 e. The number of amides is 2. The molecule has 1 aromatic rings. The van der Waals surface area contributed by atoms with Crippen LogP contribution in [-0.2, 0) is 6.42 Å². The van der Waals surface area contributed by atoms with Crippen molar-refractivity contribution in [2.24, 2.45) is 5.92 Å². The molecular formula is C17H27N3O2. The zero-order valence-electron chi connectivity index (χ0n) is 13.7. The van der Waals surface area contributed by atoms with Crippen molar-refractivity contribution in [2.75, 3.05) is 24.6 Å². The molecule has 3 N–H and O–H groups in total. The van der Waals surface area contributed by atoms with Crippen molar-refractivity contribution in [3.8, 4) is 0 Å². The number of nitrogens with zero attached hydrogens (tertiary/aromatic N) is 1. The van der Waals surface area contributed by atoms with E-state index in [-0.39, 0.29) is 30.6 Å². The Balaban J connectivity index is 1.81. The molecule has 5 heteroatoms. The number of hydrogen-bond acceptors (Lipinski definition) is 3. The van der Waals surface area contributed by atoms with Gasteiger partial charge >= 0.3 is 6.03 Å². The fraction of sp³-hybridized carbons (Fsp3) is 0.588. The Bertz CT molecular complexity index is 506. The van der Waals surface area contributed by atoms with Gasteiger partial charge in [-0.1, -0.05) is 25.1 Å². The zero-order valence-corrected chi connectivity index (χ0v) is 13.7. The highest BCUT2D eigenvalue weighted by atomic mass is 16.3. The van der Waals surface area contributed by atoms with E-state index in [4.69, 9.17) is 5.11 Å². The molecular weight excluding hydrogens is 278 g/mol. The Kier molecular flexibility index (Phi) is 5.66. The second-order valence-electron chi connectivity index (χ2n) is 6.22. The Hall–Kier alpha value is -1.75. The summed E-state index contributed by atoms with van der Waals surface area (Å²) in [7, 11) is 0. The summed E-state index contributed by atoms with van der Waals surface area (Å²) in [6.07, 6.45) is 1.07. The summed E-state index contributed by atoms with van der Waals surface area (Å²) in [5.74, 6) is 0.0497. The molecule has 5 nitrogen and oxygen atoms in total. The molecule has 22 heavy (non-hydrogen) atoms. The molecule has 2 amide bonds. The summed E-state index contributed by atoms with van der Waals surface area (Å²) in [5.41, 5.74) is 2.66. The molecule has 0 aromatic heterocycles. The molecule has 1 aliphatic heterocycles. The fourth-order valence-corrected chi connectivity index (χ4v) is 2.73. The van der Waals surface area contributed by atoms with E-state index >= 15 is 0 Å². The van der Waals surface area contributed by atoms with Crippen LogP contribution in [0, 0.1) is 5.92 Å². The van der Waals surface area contributed by atoms with Gasteiger partial charge in [-0.15, -0.1) is 0 Å². The number of urea groups is 1. The first kappa shape index (κ1) is 16.6. The van der Waals surface area contributed by atoms with Crippen molar-refractivity contribution in [2.45, 2.75) is 39.3 Å². The van der Waals surface area contributed by atoms with E-state index in [2.05, 4.69) is 46.7 Å². The fourth-order valence-electron chi connectivity index (χ4n) is 2.73. The van der Waals surface area contributed by atoms with E-state index < -0.39 is 0 Å². The molecule has 3 unspecified atom stereocenters. The third-order valence-electron chi connectivity index (χ3n) is 4.51. The SMILES string of the molecule is CC(CO)C(C)NC(=O)NCC(C)N1CCc2ccccc21. The monoisotopic (exact) mass is 305 g/mol. The lowest BCUT2D eigenvalue weighted by Gasteiger charge is -2.28. The molecule has 0 saturated heterocycles. The Morgan fingerprint density at radius 2 is 2.05 bits per heavy atom. The van der Waals surface area contributed by atoms with Gasteiger partial charge in [0.1, 0.15) is 0 Å². The van der Waals surface area contributed by atoms with E-state index in [1.807, 2.05) is 13.8 Å². The first-order valence-corrected chi connectivity index (χ1v) is 8.02. The van der Waals surface area contributed by atoms with Crippen LogP contribution in [-0.4, -0.2) is 42.9 Å². The van der Waals surface area contributed by atoms with E-state index in [1.165, 1.54) is 11.3 Å². The van der Waals surface area contributed by atoms with Gasteiger partial charge in [0.15, 0.2) is 0 Å². The van der Waals surface area contributed by atoms with Crippen LogP contribution < -0.4 is 15.5 Å². The van der Waals surface area contributed by atoms with Crippen LogP contribution in [0.15, 0.2) is 24.3 Å². The summed E-state index contributed by atoms with van der Waals surface area (Å²) >= 11 is 0. The number of nitrogens with one attached hydrogen (secondary N) is 2. The third-order valence-corrected chi connectivity index (χ3v) is 4.51. The number of hydrogen-bond donors (Lipinski definition) is 3. The van der Waals surface area contributed by atoms with E-state index in [1.54, 1.807) is 0 Å². The minimum absolute atomic E-state index is 0.0483. The average Bonchev–Trinajstić information content (AvgIpc) is 2.95. The predicted octanol–water partition coefficient (Wildman–Crippen LogP) is 1.75. The van der Waals surface area contributed by atoms with Gasteiger partial charge in [0.05, 0.1) is 0 Å². The van der Waals surface area contributed by atoms with Crippen LogP contribution in [0.5, 0.6) is 0 Å². The molecule has 0 fully saturated rings. The maximum Gasteiger partial charge on any atom is 0.315 e. The molecule has 0 spiro atoms. The Morgan fingerprint density at radius 3 is 2.77 bits per heavy atom. The van der Waals surface area contributed by atoms with Crippen LogP contribution in [0.25, 0.3) is 0 Å². The maximum atomic E-state index is 11.9. The lowest BCUT2D eigenvalue weighted by Crippen LogP contribution is -2.48. The second kappa shape index (κ2) is 7.49. The number of carbonyl (C=O) groups is 1. The van der Waals surface area contributed by atoms with E-state index in [0.29, 0.717) is 6.54 Å². The highest BCUT2D eigenvalue weighted by molar-refractivity contribution is 5.74. The van der Waals surface area contributed by atoms with E-state index in [0.717, 1.165) is 13.0 Å². The highest BCUT2D eigenvalue weighted by Gasteiger charge is 2.23. The van der Waals surface area contributed by atoms with Crippen molar-refractivity contribution in [3.63, 3.8) is 0 Å². The smallest absolute Gasteiger partial charge is 0.315 e. The lowest BCUT2D eigenvalue weighted by atomic mass is 10.1. The van der Waals surface area contributed by atoms with Gasteiger partial charge in [0.2, 0.25) is 0 Å². The summed E-state index contributed by atoms with van der Waals surface area (Å²) in [6.45, 7) is 7.61. The summed E-state index contributed by atoms with van der Waals surface area (Å²) in [6, 6.07) is 8.47. The number of aliphatic hydroxyl groups excluding tert-OH is 1. The molecule has 0 aliphatic carbocycles. The predicted molar refractivity (Wildman–Crippen MR) is 89.2 cm³/mol. The molecule has 1 aliphatic rings. The number of rotatable bonds is 6. The third kappa shape index (κ3) is 3.91. The first-order chi connectivity index (χ1) is 10.5. The molecule has 0 saturated carbocycles. The highest BCUT2D eigenvalue weighted by Crippen LogP contribution is 2.28. The molecule has 3 atom stereocenters. The summed E-state index contributed by atoms with van der Waals surface area (Å²) in [4.78, 5) is 14.3. The maximum absolute atomic E-state index is 11.9. The number of anilines is 1. The minimum Gasteiger partial charge on any atom is -0.396 e. The van der Waals surface area contributed by atoms with Crippen LogP contribution in [0.3, 0.4) is 0 Å². The molecule has 122 valence electrons. The first-order valence-electron chi connectivity index (χ1n) is 8.02. The summed E-state index contributed by atoms with van der Waals surface area (Å²) < 4.78 is 0. The van der Waals surface area contributed by atoms with Crippen LogP contribution in [0.2, 0.25) is 0 Å². The normalized spacial score (nSPS) is 17.5. The number of carbonyl (C=O) groups excluding carboxylic acids is 1. The number of aliphatic hydroxyl groups is 1. The number of benzene rings is 1. The molecule has 2 rings (SSSR count). The standard InChI is InChI=1S/C17H27N3O2/c1-12(11-21)14(3)19-17(22)18-10-13(2)20-9-8-15-6-4-5-7-16(15)20/h4-7,12-14,21H,8-11H2,1-3H3,(H2,18,19,22). The average molecular weight is 305 g/mol. The van der Waals surface area contributed by atoms with Crippen molar-refractivity contribution >= 4 is 11.7 Å². The van der Waals surface area contributed by atoms with Gasteiger partial charge < -0.3 is 20.6 Å². The minimum atomic E-state index is -0.174. The topological polar surface area (TPSA) is 64.6 Å². The lowest BCUT2D eigenvalue weighted by molar-refractivity contribution is 0.200.